The summed E-state index contributed by atoms with van der Waals surface area (Å²) >= 11 is 0. The fourth-order valence-electron chi connectivity index (χ4n) is 3.26. The van der Waals surface area contributed by atoms with E-state index in [0.29, 0.717) is 35.1 Å². The quantitative estimate of drug-likeness (QED) is 0.252. The molecule has 0 unspecified atom stereocenters. The summed E-state index contributed by atoms with van der Waals surface area (Å²) in [6.07, 6.45) is 0.322. The van der Waals surface area contributed by atoms with Crippen LogP contribution in [0.5, 0.6) is 11.6 Å². The third kappa shape index (κ3) is 7.62. The molecule has 0 amide bonds. The first-order valence-electron chi connectivity index (χ1n) is 10.8. The van der Waals surface area contributed by atoms with Gasteiger partial charge in [-0.25, -0.2) is 9.37 Å². The molecule has 0 radical (unpaired) electrons. The van der Waals surface area contributed by atoms with Crippen LogP contribution in [0.2, 0.25) is 0 Å². The Bertz CT molecular complexity index is 1250. The molecule has 4 aromatic rings. The van der Waals surface area contributed by atoms with E-state index in [-0.39, 0.29) is 55.0 Å². The Morgan fingerprint density at radius 2 is 1.57 bits per heavy atom. The molecule has 35 heavy (non-hydrogen) atoms. The molecule has 8 heteroatoms. The summed E-state index contributed by atoms with van der Waals surface area (Å²) in [4.78, 5) is 19.7. The maximum absolute atomic E-state index is 14.0. The van der Waals surface area contributed by atoms with Crippen molar-refractivity contribution in [1.82, 2.24) is 9.97 Å². The molecule has 0 fully saturated rings. The van der Waals surface area contributed by atoms with Gasteiger partial charge in [-0.3, -0.25) is 0 Å². The van der Waals surface area contributed by atoms with E-state index in [1.54, 1.807) is 36.4 Å². The van der Waals surface area contributed by atoms with Crippen molar-refractivity contribution >= 4 is 5.97 Å². The second-order valence-corrected chi connectivity index (χ2v) is 7.51. The van der Waals surface area contributed by atoms with Gasteiger partial charge in [0.15, 0.2) is 5.82 Å². The van der Waals surface area contributed by atoms with Gasteiger partial charge in [0, 0.05) is 28.7 Å². The number of aliphatic carboxylic acids is 1. The molecule has 0 spiro atoms. The first kappa shape index (κ1) is 26.3. The predicted molar refractivity (Wildman–Crippen MR) is 123 cm³/mol. The number of aromatic nitrogens is 2. The van der Waals surface area contributed by atoms with Gasteiger partial charge in [-0.2, -0.15) is 4.98 Å². The van der Waals surface area contributed by atoms with Crippen molar-refractivity contribution < 1.29 is 53.3 Å². The predicted octanol–water partition coefficient (Wildman–Crippen LogP) is 1.44. The fraction of sp³-hybridized carbons (Fsp3) is 0.148. The van der Waals surface area contributed by atoms with Crippen molar-refractivity contribution in [3.63, 3.8) is 0 Å². The molecule has 0 bridgehead atoms. The molecule has 1 aromatic heterocycles. The molecule has 0 aliphatic rings. The first-order chi connectivity index (χ1) is 16.6. The summed E-state index contributed by atoms with van der Waals surface area (Å²) in [5, 5.41) is 10.5. The Kier molecular flexibility index (Phi) is 9.78. The van der Waals surface area contributed by atoms with Crippen LogP contribution in [0.1, 0.15) is 18.4 Å². The maximum atomic E-state index is 14.0. The van der Waals surface area contributed by atoms with E-state index in [4.69, 9.17) is 14.5 Å². The number of hydrogen-bond acceptors (Lipinski definition) is 6. The third-order valence-electron chi connectivity index (χ3n) is 5.01. The third-order valence-corrected chi connectivity index (χ3v) is 5.01. The van der Waals surface area contributed by atoms with Gasteiger partial charge < -0.3 is 19.4 Å². The second-order valence-electron chi connectivity index (χ2n) is 7.51. The summed E-state index contributed by atoms with van der Waals surface area (Å²) in [6, 6.07) is 25.0. The number of ether oxygens (including phenoxy) is 2. The van der Waals surface area contributed by atoms with Gasteiger partial charge in [0.2, 0.25) is 5.88 Å². The van der Waals surface area contributed by atoms with Crippen LogP contribution in [0.15, 0.2) is 84.9 Å². The van der Waals surface area contributed by atoms with Gasteiger partial charge in [0.25, 0.3) is 0 Å². The van der Waals surface area contributed by atoms with Crippen LogP contribution in [0.3, 0.4) is 0 Å². The number of rotatable bonds is 10. The Morgan fingerprint density at radius 1 is 0.857 bits per heavy atom. The summed E-state index contributed by atoms with van der Waals surface area (Å²) in [7, 11) is 0. The van der Waals surface area contributed by atoms with E-state index in [0.717, 1.165) is 11.1 Å². The zero-order chi connectivity index (χ0) is 23.8. The van der Waals surface area contributed by atoms with Crippen LogP contribution >= 0.6 is 0 Å². The first-order valence-corrected chi connectivity index (χ1v) is 10.8. The topological polar surface area (TPSA) is 84.4 Å². The van der Waals surface area contributed by atoms with E-state index < -0.39 is 5.97 Å². The van der Waals surface area contributed by atoms with Crippen LogP contribution in [0.4, 0.5) is 4.39 Å². The van der Waals surface area contributed by atoms with Crippen LogP contribution in [0, 0.1) is 5.82 Å². The van der Waals surface area contributed by atoms with Crippen molar-refractivity contribution in [2.45, 2.75) is 19.4 Å². The average molecular weight is 480 g/mol. The van der Waals surface area contributed by atoms with Crippen molar-refractivity contribution in [2.75, 3.05) is 6.61 Å². The minimum absolute atomic E-state index is 0. The second kappa shape index (κ2) is 13.0. The SMILES string of the molecule is O=C([O-])CCCOc1ccc(-c2nc(OCc3ccccc3F)cc(-c3ccccc3)n2)cc1.[Na+]. The monoisotopic (exact) mass is 480 g/mol. The number of carboxylic acids is 1. The van der Waals surface area contributed by atoms with Gasteiger partial charge in [0.05, 0.1) is 12.3 Å². The van der Waals surface area contributed by atoms with E-state index in [9.17, 15) is 14.3 Å². The Morgan fingerprint density at radius 3 is 2.29 bits per heavy atom. The molecule has 1 heterocycles. The van der Waals surface area contributed by atoms with Crippen LogP contribution in [-0.2, 0) is 11.4 Å². The van der Waals surface area contributed by atoms with Gasteiger partial charge in [0.1, 0.15) is 18.2 Å². The van der Waals surface area contributed by atoms with Crippen molar-refractivity contribution in [3.05, 3.63) is 96.3 Å². The van der Waals surface area contributed by atoms with Crippen molar-refractivity contribution in [3.8, 4) is 34.3 Å². The molecule has 0 N–H and O–H groups in total. The van der Waals surface area contributed by atoms with Gasteiger partial charge in [-0.15, -0.1) is 0 Å². The average Bonchev–Trinajstić information content (AvgIpc) is 2.87. The number of carbonyl (C=O) groups excluding carboxylic acids is 1. The number of halogens is 1. The van der Waals surface area contributed by atoms with Crippen LogP contribution in [0.25, 0.3) is 22.6 Å². The van der Waals surface area contributed by atoms with Crippen molar-refractivity contribution in [1.29, 1.82) is 0 Å². The molecule has 0 saturated carbocycles. The normalized spacial score (nSPS) is 10.3. The molecular formula is C27H22FN2NaO4. The minimum atomic E-state index is -1.09. The smallest absolute Gasteiger partial charge is 0.550 e. The number of benzene rings is 3. The maximum Gasteiger partial charge on any atom is 1.00 e. The van der Waals surface area contributed by atoms with Gasteiger partial charge >= 0.3 is 29.6 Å². The minimum Gasteiger partial charge on any atom is -0.550 e. The van der Waals surface area contributed by atoms with E-state index >= 15 is 0 Å². The number of carbonyl (C=O) groups is 1. The zero-order valence-electron chi connectivity index (χ0n) is 19.3. The summed E-state index contributed by atoms with van der Waals surface area (Å²) in [5.41, 5.74) is 2.76. The van der Waals surface area contributed by atoms with Gasteiger partial charge in [-0.05, 0) is 43.2 Å². The molecule has 6 nitrogen and oxygen atoms in total. The molecule has 172 valence electrons. The van der Waals surface area contributed by atoms with E-state index in [2.05, 4.69) is 4.98 Å². The van der Waals surface area contributed by atoms with Crippen molar-refractivity contribution in [2.24, 2.45) is 0 Å². The standard InChI is InChI=1S/C27H23FN2O4.Na/c28-23-10-5-4-9-21(23)18-34-25-17-24(19-7-2-1-3-8-19)29-27(30-25)20-12-14-22(15-13-20)33-16-6-11-26(31)32;/h1-5,7-10,12-15,17H,6,11,16,18H2,(H,31,32);/q;+1/p-1. The van der Waals surface area contributed by atoms with Gasteiger partial charge in [-0.1, -0.05) is 48.5 Å². The summed E-state index contributed by atoms with van der Waals surface area (Å²) in [5.74, 6) is -0.0434. The molecule has 0 aliphatic heterocycles. The molecule has 3 aromatic carbocycles. The van der Waals surface area contributed by atoms with E-state index in [1.165, 1.54) is 6.07 Å². The Labute approximate surface area is 225 Å². The fourth-order valence-corrected chi connectivity index (χ4v) is 3.26. The molecule has 0 saturated heterocycles. The van der Waals surface area contributed by atoms with Crippen LogP contribution < -0.4 is 44.1 Å². The largest absolute Gasteiger partial charge is 1.00 e. The van der Waals surface area contributed by atoms with E-state index in [1.807, 2.05) is 42.5 Å². The Hall–Kier alpha value is -3.26. The zero-order valence-corrected chi connectivity index (χ0v) is 21.3. The Balaban J connectivity index is 0.00000342. The molecule has 4 rings (SSSR count). The van der Waals surface area contributed by atoms with Crippen LogP contribution in [-0.4, -0.2) is 22.5 Å². The molecule has 0 aliphatic carbocycles. The summed E-state index contributed by atoms with van der Waals surface area (Å²) in [6.45, 7) is 0.317. The summed E-state index contributed by atoms with van der Waals surface area (Å²) < 4.78 is 25.4. The number of carboxylic acid groups (broad SMARTS) is 1. The number of hydrogen-bond donors (Lipinski definition) is 0. The molecular weight excluding hydrogens is 458 g/mol. The molecule has 0 atom stereocenters. The number of nitrogens with zero attached hydrogens (tertiary/aromatic N) is 2.